The van der Waals surface area contributed by atoms with Crippen molar-refractivity contribution in [3.05, 3.63) is 114 Å². The highest BCUT2D eigenvalue weighted by atomic mass is 127. The third-order valence-corrected chi connectivity index (χ3v) is 10.7. The molecule has 3 aromatic rings. The Morgan fingerprint density at radius 1 is 0.804 bits per heavy atom. The number of ether oxygens (including phenoxy) is 2. The summed E-state index contributed by atoms with van der Waals surface area (Å²) in [6, 6.07) is 19.7. The first-order valence-corrected chi connectivity index (χ1v) is 17.4. The smallest absolute Gasteiger partial charge is 0.174 e. The molecule has 3 aromatic carbocycles. The van der Waals surface area contributed by atoms with Crippen LogP contribution in [0.25, 0.3) is 0 Å². The number of allylic oxidation sites excluding steroid dienone is 4. The largest absolute Gasteiger partial charge is 0.493 e. The molecule has 5 nitrogen and oxygen atoms in total. The number of ketones is 2. The first kappa shape index (κ1) is 33.1. The maximum Gasteiger partial charge on any atom is 0.174 e. The third kappa shape index (κ3) is 6.50. The quantitative estimate of drug-likeness (QED) is 0.224. The molecule has 1 heterocycles. The minimum absolute atomic E-state index is 0.104. The number of hydrogen-bond donors (Lipinski definition) is 0. The lowest BCUT2D eigenvalue weighted by molar-refractivity contribution is -0.119. The van der Waals surface area contributed by atoms with E-state index >= 15 is 0 Å². The van der Waals surface area contributed by atoms with Crippen LogP contribution in [0.1, 0.15) is 76.0 Å². The average molecular weight is 771 g/mol. The van der Waals surface area contributed by atoms with Crippen LogP contribution in [-0.4, -0.2) is 23.6 Å². The molecule has 0 bridgehead atoms. The lowest BCUT2D eigenvalue weighted by atomic mass is 9.63. The second kappa shape index (κ2) is 12.7. The van der Waals surface area contributed by atoms with Crippen molar-refractivity contribution < 1.29 is 19.1 Å². The number of nitrogens with zero attached hydrogens (tertiary/aromatic N) is 1. The molecule has 0 unspecified atom stereocenters. The topological polar surface area (TPSA) is 55.8 Å². The van der Waals surface area contributed by atoms with Crippen molar-refractivity contribution in [2.45, 2.75) is 72.4 Å². The highest BCUT2D eigenvalue weighted by molar-refractivity contribution is 14.1. The fourth-order valence-electron chi connectivity index (χ4n) is 7.17. The molecule has 3 aliphatic rings. The van der Waals surface area contributed by atoms with Crippen molar-refractivity contribution in [1.29, 1.82) is 0 Å². The van der Waals surface area contributed by atoms with Gasteiger partial charge in [0.15, 0.2) is 23.1 Å². The maximum absolute atomic E-state index is 14.3. The van der Waals surface area contributed by atoms with Gasteiger partial charge in [0.25, 0.3) is 0 Å². The third-order valence-electron chi connectivity index (χ3n) is 9.16. The average Bonchev–Trinajstić information content (AvgIpc) is 2.98. The molecular weight excluding hydrogens is 732 g/mol. The van der Waals surface area contributed by atoms with Crippen LogP contribution >= 0.6 is 45.8 Å². The van der Waals surface area contributed by atoms with Gasteiger partial charge >= 0.3 is 0 Å². The molecule has 6 rings (SSSR count). The maximum atomic E-state index is 14.3. The predicted octanol–water partition coefficient (Wildman–Crippen LogP) is 10.1. The molecule has 0 atom stereocenters. The van der Waals surface area contributed by atoms with Gasteiger partial charge in [0.2, 0.25) is 0 Å². The van der Waals surface area contributed by atoms with E-state index in [0.717, 1.165) is 55.6 Å². The molecule has 0 N–H and O–H groups in total. The van der Waals surface area contributed by atoms with Gasteiger partial charge in [-0.1, -0.05) is 87.3 Å². The van der Waals surface area contributed by atoms with Crippen LogP contribution in [0.3, 0.4) is 0 Å². The van der Waals surface area contributed by atoms with E-state index in [4.69, 9.17) is 32.7 Å². The van der Waals surface area contributed by atoms with Crippen molar-refractivity contribution in [3.63, 3.8) is 0 Å². The zero-order valence-electron chi connectivity index (χ0n) is 26.8. The van der Waals surface area contributed by atoms with E-state index < -0.39 is 5.92 Å². The van der Waals surface area contributed by atoms with E-state index in [1.54, 1.807) is 19.2 Å². The summed E-state index contributed by atoms with van der Waals surface area (Å²) in [4.78, 5) is 30.8. The Hall–Kier alpha value is -2.81. The number of methoxy groups -OCH3 is 1. The van der Waals surface area contributed by atoms with Crippen LogP contribution in [0, 0.1) is 14.4 Å². The van der Waals surface area contributed by atoms with Crippen LogP contribution in [0.5, 0.6) is 11.5 Å². The first-order valence-electron chi connectivity index (χ1n) is 15.5. The molecule has 0 spiro atoms. The Kier molecular flexibility index (Phi) is 9.11. The summed E-state index contributed by atoms with van der Waals surface area (Å²) in [7, 11) is 1.61. The Labute approximate surface area is 295 Å². The van der Waals surface area contributed by atoms with E-state index in [1.165, 1.54) is 0 Å². The first-order chi connectivity index (χ1) is 21.8. The van der Waals surface area contributed by atoms with Crippen LogP contribution < -0.4 is 9.47 Å². The van der Waals surface area contributed by atoms with Crippen molar-refractivity contribution in [1.82, 2.24) is 4.90 Å². The molecular formula is C38H38Cl2INO4. The lowest BCUT2D eigenvalue weighted by Gasteiger charge is -2.49. The van der Waals surface area contributed by atoms with Gasteiger partial charge in [0.05, 0.1) is 20.7 Å². The second-order valence-electron chi connectivity index (χ2n) is 14.2. The van der Waals surface area contributed by atoms with Crippen molar-refractivity contribution in [3.8, 4) is 11.5 Å². The molecule has 0 radical (unpaired) electrons. The van der Waals surface area contributed by atoms with Crippen LogP contribution in [0.4, 0.5) is 0 Å². The standard InChI is InChI=1S/C38H38Cl2INO4/c1-37(2)16-28-34(30(43)18-37)33(35-29(17-38(3,4)19-31(35)44)42(28)20-22-9-7-6-8-10-22)24-14-27(41)36(32(15-24)45-5)46-21-23-11-12-25(39)26(40)13-23/h6-15,33H,16-21H2,1-5H3. The van der Waals surface area contributed by atoms with Gasteiger partial charge in [-0.05, 0) is 87.2 Å². The number of benzene rings is 3. The monoisotopic (exact) mass is 769 g/mol. The Morgan fingerprint density at radius 3 is 1.98 bits per heavy atom. The van der Waals surface area contributed by atoms with E-state index in [9.17, 15) is 9.59 Å². The van der Waals surface area contributed by atoms with Crippen LogP contribution in [0.2, 0.25) is 10.0 Å². The number of Topliss-reactive ketones (excluding diaryl/α,β-unsaturated/α-hetero) is 2. The number of halogens is 3. The molecule has 0 amide bonds. The summed E-state index contributed by atoms with van der Waals surface area (Å²) < 4.78 is 13.0. The molecule has 240 valence electrons. The Balaban J connectivity index is 1.49. The lowest BCUT2D eigenvalue weighted by Crippen LogP contribution is -2.44. The summed E-state index contributed by atoms with van der Waals surface area (Å²) in [6.45, 7) is 9.53. The molecule has 46 heavy (non-hydrogen) atoms. The highest BCUT2D eigenvalue weighted by Gasteiger charge is 2.49. The SMILES string of the molecule is COc1cc(C2C3=C(CC(C)(C)CC3=O)N(Cc3ccccc3)C3=C2C(=O)CC(C)(C)C3)cc(I)c1OCc1ccc(Cl)c(Cl)c1. The van der Waals surface area contributed by atoms with Gasteiger partial charge in [0.1, 0.15) is 6.61 Å². The molecule has 2 aliphatic carbocycles. The molecule has 0 saturated heterocycles. The van der Waals surface area contributed by atoms with E-state index in [0.29, 0.717) is 40.9 Å². The fourth-order valence-corrected chi connectivity index (χ4v) is 8.27. The number of carbonyl (C=O) groups is 2. The van der Waals surface area contributed by atoms with Crippen molar-refractivity contribution >= 4 is 57.4 Å². The molecule has 0 saturated carbocycles. The Morgan fingerprint density at radius 2 is 1.41 bits per heavy atom. The minimum Gasteiger partial charge on any atom is -0.493 e. The summed E-state index contributed by atoms with van der Waals surface area (Å²) >= 11 is 14.6. The van der Waals surface area contributed by atoms with Crippen molar-refractivity contribution in [2.24, 2.45) is 10.8 Å². The molecule has 1 aliphatic heterocycles. The van der Waals surface area contributed by atoms with Gasteiger partial charge in [-0.15, -0.1) is 0 Å². The van der Waals surface area contributed by atoms with E-state index in [1.807, 2.05) is 36.4 Å². The van der Waals surface area contributed by atoms with E-state index in [-0.39, 0.29) is 29.0 Å². The zero-order chi connectivity index (χ0) is 33.0. The minimum atomic E-state index is -0.476. The van der Waals surface area contributed by atoms with Crippen LogP contribution in [-0.2, 0) is 22.7 Å². The number of rotatable bonds is 7. The molecule has 8 heteroatoms. The van der Waals surface area contributed by atoms with E-state index in [2.05, 4.69) is 67.3 Å². The summed E-state index contributed by atoms with van der Waals surface area (Å²) in [5.41, 5.74) is 6.04. The summed E-state index contributed by atoms with van der Waals surface area (Å²) in [5, 5.41) is 0.951. The second-order valence-corrected chi connectivity index (χ2v) is 16.2. The normalized spacial score (nSPS) is 19.3. The van der Waals surface area contributed by atoms with Crippen LogP contribution in [0.15, 0.2) is 83.2 Å². The number of hydrogen-bond acceptors (Lipinski definition) is 5. The van der Waals surface area contributed by atoms with Gasteiger partial charge < -0.3 is 14.4 Å². The molecule has 0 aromatic heterocycles. The van der Waals surface area contributed by atoms with Gasteiger partial charge in [-0.25, -0.2) is 0 Å². The fraction of sp³-hybridized carbons (Fsp3) is 0.368. The Bertz CT molecular complexity index is 1740. The molecule has 0 fully saturated rings. The summed E-state index contributed by atoms with van der Waals surface area (Å²) in [6.07, 6.45) is 2.37. The highest BCUT2D eigenvalue weighted by Crippen LogP contribution is 2.55. The summed E-state index contributed by atoms with van der Waals surface area (Å²) in [5.74, 6) is 0.871. The van der Waals surface area contributed by atoms with Gasteiger partial charge in [-0.3, -0.25) is 9.59 Å². The zero-order valence-corrected chi connectivity index (χ0v) is 30.5. The van der Waals surface area contributed by atoms with Gasteiger partial charge in [0, 0.05) is 47.8 Å². The van der Waals surface area contributed by atoms with Gasteiger partial charge in [-0.2, -0.15) is 0 Å². The predicted molar refractivity (Wildman–Crippen MR) is 191 cm³/mol. The van der Waals surface area contributed by atoms with Crippen molar-refractivity contribution in [2.75, 3.05) is 7.11 Å². The number of carbonyl (C=O) groups excluding carboxylic acids is 2.